The first-order valence-corrected chi connectivity index (χ1v) is 7.59. The van der Waals surface area contributed by atoms with Gasteiger partial charge in [0.1, 0.15) is 0 Å². The molecule has 122 valence electrons. The lowest BCUT2D eigenvalue weighted by Gasteiger charge is -2.13. The predicted octanol–water partition coefficient (Wildman–Crippen LogP) is 3.35. The highest BCUT2D eigenvalue weighted by molar-refractivity contribution is 6.31. The van der Waals surface area contributed by atoms with Gasteiger partial charge in [0.15, 0.2) is 0 Å². The molecule has 0 aromatic heterocycles. The lowest BCUT2D eigenvalue weighted by molar-refractivity contribution is 0.0937. The van der Waals surface area contributed by atoms with E-state index in [1.165, 1.54) is 0 Å². The molecule has 0 fully saturated rings. The van der Waals surface area contributed by atoms with Crippen LogP contribution in [-0.4, -0.2) is 26.2 Å². The first-order chi connectivity index (χ1) is 11.0. The number of hydrogen-bond acceptors (Lipinski definition) is 4. The monoisotopic (exact) mass is 333 g/mol. The van der Waals surface area contributed by atoms with E-state index in [-0.39, 0.29) is 5.91 Å². The number of halogens is 1. The summed E-state index contributed by atoms with van der Waals surface area (Å²) < 4.78 is 4.90. The fourth-order valence-corrected chi connectivity index (χ4v) is 2.25. The van der Waals surface area contributed by atoms with Gasteiger partial charge in [0.05, 0.1) is 18.0 Å². The van der Waals surface area contributed by atoms with Gasteiger partial charge in [-0.3, -0.25) is 4.79 Å². The van der Waals surface area contributed by atoms with E-state index < -0.39 is 0 Å². The van der Waals surface area contributed by atoms with Gasteiger partial charge in [-0.2, -0.15) is 0 Å². The second-order valence-corrected chi connectivity index (χ2v) is 5.50. The van der Waals surface area contributed by atoms with E-state index in [1.807, 2.05) is 25.1 Å². The van der Waals surface area contributed by atoms with Crippen LogP contribution in [0.5, 0.6) is 0 Å². The van der Waals surface area contributed by atoms with Gasteiger partial charge < -0.3 is 21.1 Å². The third kappa shape index (κ3) is 4.37. The fraction of sp³-hybridized carbons (Fsp3) is 0.235. The van der Waals surface area contributed by atoms with Crippen molar-refractivity contribution in [3.05, 3.63) is 52.5 Å². The number of methoxy groups -OCH3 is 1. The van der Waals surface area contributed by atoms with Crippen molar-refractivity contribution in [1.29, 1.82) is 0 Å². The van der Waals surface area contributed by atoms with E-state index in [0.717, 1.165) is 16.9 Å². The number of nitrogens with one attached hydrogen (secondary N) is 2. The standard InChI is InChI=1S/C17H20ClN3O2/c1-11-13(18)4-3-5-15(11)21-16-7-6-12(10-14(16)19)17(22)20-8-9-23-2/h3-7,10,21H,8-9,19H2,1-2H3,(H,20,22). The van der Waals surface area contributed by atoms with Gasteiger partial charge in [-0.05, 0) is 42.8 Å². The Kier molecular flexibility index (Phi) is 5.84. The van der Waals surface area contributed by atoms with Crippen LogP contribution in [0.2, 0.25) is 5.02 Å². The van der Waals surface area contributed by atoms with Gasteiger partial charge in [-0.25, -0.2) is 0 Å². The number of carbonyl (C=O) groups is 1. The molecule has 0 aliphatic heterocycles. The van der Waals surface area contributed by atoms with Crippen LogP contribution in [-0.2, 0) is 4.74 Å². The molecule has 0 atom stereocenters. The average molecular weight is 334 g/mol. The SMILES string of the molecule is COCCNC(=O)c1ccc(Nc2cccc(Cl)c2C)c(N)c1. The number of benzene rings is 2. The molecule has 0 bridgehead atoms. The van der Waals surface area contributed by atoms with Crippen LogP contribution >= 0.6 is 11.6 Å². The number of anilines is 3. The van der Waals surface area contributed by atoms with Gasteiger partial charge in [-0.15, -0.1) is 0 Å². The van der Waals surface area contributed by atoms with Crippen LogP contribution < -0.4 is 16.4 Å². The Labute approximate surface area is 140 Å². The van der Waals surface area contributed by atoms with Crippen LogP contribution in [0.1, 0.15) is 15.9 Å². The minimum Gasteiger partial charge on any atom is -0.397 e. The third-order valence-electron chi connectivity index (χ3n) is 3.44. The summed E-state index contributed by atoms with van der Waals surface area (Å²) in [6.07, 6.45) is 0. The molecule has 0 radical (unpaired) electrons. The first-order valence-electron chi connectivity index (χ1n) is 7.21. The number of hydrogen-bond donors (Lipinski definition) is 3. The van der Waals surface area contributed by atoms with Crippen LogP contribution in [0.25, 0.3) is 0 Å². The van der Waals surface area contributed by atoms with Gasteiger partial charge in [0.2, 0.25) is 0 Å². The van der Waals surface area contributed by atoms with Crippen LogP contribution in [0.15, 0.2) is 36.4 Å². The first kappa shape index (κ1) is 17.1. The van der Waals surface area contributed by atoms with E-state index in [1.54, 1.807) is 25.3 Å². The topological polar surface area (TPSA) is 76.4 Å². The predicted molar refractivity (Wildman–Crippen MR) is 94.5 cm³/mol. The van der Waals surface area contributed by atoms with E-state index >= 15 is 0 Å². The van der Waals surface area contributed by atoms with Crippen molar-refractivity contribution in [3.8, 4) is 0 Å². The molecule has 4 N–H and O–H groups in total. The molecule has 5 nitrogen and oxygen atoms in total. The van der Waals surface area contributed by atoms with Crippen molar-refractivity contribution < 1.29 is 9.53 Å². The summed E-state index contributed by atoms with van der Waals surface area (Å²) in [6, 6.07) is 10.8. The van der Waals surface area contributed by atoms with Crippen molar-refractivity contribution in [2.24, 2.45) is 0 Å². The minimum atomic E-state index is -0.181. The number of carbonyl (C=O) groups excluding carboxylic acids is 1. The highest BCUT2D eigenvalue weighted by Gasteiger charge is 2.09. The quantitative estimate of drug-likeness (QED) is 0.559. The normalized spacial score (nSPS) is 10.4. The maximum atomic E-state index is 12.0. The van der Waals surface area contributed by atoms with Crippen molar-refractivity contribution in [2.75, 3.05) is 31.3 Å². The summed E-state index contributed by atoms with van der Waals surface area (Å²) in [6.45, 7) is 2.85. The molecule has 0 saturated heterocycles. The van der Waals surface area contributed by atoms with Crippen molar-refractivity contribution in [1.82, 2.24) is 5.32 Å². The Balaban J connectivity index is 2.13. The van der Waals surface area contributed by atoms with E-state index in [9.17, 15) is 4.79 Å². The minimum absolute atomic E-state index is 0.181. The summed E-state index contributed by atoms with van der Waals surface area (Å²) >= 11 is 6.11. The summed E-state index contributed by atoms with van der Waals surface area (Å²) in [5.74, 6) is -0.181. The maximum absolute atomic E-state index is 12.0. The summed E-state index contributed by atoms with van der Waals surface area (Å²) in [4.78, 5) is 12.0. The number of nitrogen functional groups attached to an aromatic ring is 1. The molecule has 0 spiro atoms. The molecule has 0 aliphatic rings. The van der Waals surface area contributed by atoms with E-state index in [0.29, 0.717) is 29.4 Å². The van der Waals surface area contributed by atoms with Crippen LogP contribution in [0.3, 0.4) is 0 Å². The Hall–Kier alpha value is -2.24. The number of nitrogens with two attached hydrogens (primary N) is 1. The molecule has 0 unspecified atom stereocenters. The summed E-state index contributed by atoms with van der Waals surface area (Å²) in [5.41, 5.74) is 9.59. The van der Waals surface area contributed by atoms with Crippen molar-refractivity contribution >= 4 is 34.6 Å². The Bertz CT molecular complexity index is 704. The van der Waals surface area contributed by atoms with Crippen molar-refractivity contribution in [2.45, 2.75) is 6.92 Å². The number of ether oxygens (including phenoxy) is 1. The molecule has 2 aromatic carbocycles. The van der Waals surface area contributed by atoms with Gasteiger partial charge in [0.25, 0.3) is 5.91 Å². The average Bonchev–Trinajstić information content (AvgIpc) is 2.53. The molecule has 6 heteroatoms. The highest BCUT2D eigenvalue weighted by atomic mass is 35.5. The zero-order chi connectivity index (χ0) is 16.8. The summed E-state index contributed by atoms with van der Waals surface area (Å²) in [5, 5.41) is 6.68. The van der Waals surface area contributed by atoms with E-state index in [4.69, 9.17) is 22.1 Å². The molecule has 0 saturated carbocycles. The van der Waals surface area contributed by atoms with Gasteiger partial charge in [0, 0.05) is 29.9 Å². The number of amides is 1. The highest BCUT2D eigenvalue weighted by Crippen LogP contribution is 2.29. The second-order valence-electron chi connectivity index (χ2n) is 5.09. The third-order valence-corrected chi connectivity index (χ3v) is 3.85. The van der Waals surface area contributed by atoms with Crippen LogP contribution in [0, 0.1) is 6.92 Å². The zero-order valence-corrected chi connectivity index (χ0v) is 13.9. The van der Waals surface area contributed by atoms with E-state index in [2.05, 4.69) is 10.6 Å². The molecule has 2 aromatic rings. The second kappa shape index (κ2) is 7.85. The van der Waals surface area contributed by atoms with Crippen molar-refractivity contribution in [3.63, 3.8) is 0 Å². The number of rotatable bonds is 6. The molecular weight excluding hydrogens is 314 g/mol. The fourth-order valence-electron chi connectivity index (χ4n) is 2.07. The zero-order valence-electron chi connectivity index (χ0n) is 13.2. The summed E-state index contributed by atoms with van der Waals surface area (Å²) in [7, 11) is 1.59. The molecule has 1 amide bonds. The molecule has 23 heavy (non-hydrogen) atoms. The Morgan fingerprint density at radius 1 is 1.26 bits per heavy atom. The molecule has 0 aliphatic carbocycles. The van der Waals surface area contributed by atoms with Gasteiger partial charge >= 0.3 is 0 Å². The molecule has 2 rings (SSSR count). The smallest absolute Gasteiger partial charge is 0.251 e. The largest absolute Gasteiger partial charge is 0.397 e. The Morgan fingerprint density at radius 2 is 2.04 bits per heavy atom. The molecular formula is C17H20ClN3O2. The van der Waals surface area contributed by atoms with Gasteiger partial charge in [-0.1, -0.05) is 17.7 Å². The van der Waals surface area contributed by atoms with Crippen LogP contribution in [0.4, 0.5) is 17.1 Å². The maximum Gasteiger partial charge on any atom is 0.251 e. The molecule has 0 heterocycles. The Morgan fingerprint density at radius 3 is 2.74 bits per heavy atom. The lowest BCUT2D eigenvalue weighted by atomic mass is 10.1. The lowest BCUT2D eigenvalue weighted by Crippen LogP contribution is -2.27.